The monoisotopic (exact) mass is 306 g/mol. The summed E-state index contributed by atoms with van der Waals surface area (Å²) >= 11 is 0. The lowest BCUT2D eigenvalue weighted by molar-refractivity contribution is 0.408. The van der Waals surface area contributed by atoms with Crippen LogP contribution in [-0.2, 0) is 6.42 Å². The average molecular weight is 306 g/mol. The molecule has 1 unspecified atom stereocenters. The lowest BCUT2D eigenvalue weighted by Crippen LogP contribution is -2.30. The molecule has 0 saturated carbocycles. The molecule has 4 rings (SSSR count). The third-order valence-corrected chi connectivity index (χ3v) is 4.88. The summed E-state index contributed by atoms with van der Waals surface area (Å²) in [4.78, 5) is 3.64. The number of fused-ring (bicyclic) bond motifs is 3. The number of ether oxygens (including phenoxy) is 1. The summed E-state index contributed by atoms with van der Waals surface area (Å²) in [6.07, 6.45) is 1.07. The van der Waals surface area contributed by atoms with E-state index in [1.807, 2.05) is 0 Å². The van der Waals surface area contributed by atoms with E-state index >= 15 is 0 Å². The molecule has 2 heterocycles. The van der Waals surface area contributed by atoms with E-state index < -0.39 is 0 Å². The van der Waals surface area contributed by atoms with Crippen molar-refractivity contribution in [1.82, 2.24) is 10.3 Å². The van der Waals surface area contributed by atoms with E-state index in [2.05, 4.69) is 60.5 Å². The summed E-state index contributed by atoms with van der Waals surface area (Å²) in [6, 6.07) is 13.3. The van der Waals surface area contributed by atoms with Gasteiger partial charge in [-0.15, -0.1) is 0 Å². The molecule has 3 aromatic rings. The van der Waals surface area contributed by atoms with Gasteiger partial charge in [0.15, 0.2) is 0 Å². The predicted octanol–water partition coefficient (Wildman–Crippen LogP) is 4.03. The molecule has 3 nitrogen and oxygen atoms in total. The zero-order valence-corrected chi connectivity index (χ0v) is 13.9. The first-order valence-electron chi connectivity index (χ1n) is 8.17. The molecule has 2 N–H and O–H groups in total. The zero-order valence-electron chi connectivity index (χ0n) is 13.9. The minimum Gasteiger partial charge on any atom is -0.496 e. The van der Waals surface area contributed by atoms with Crippen molar-refractivity contribution >= 4 is 10.9 Å². The van der Waals surface area contributed by atoms with Gasteiger partial charge in [0.1, 0.15) is 5.75 Å². The molecular formula is C20H22N2O. The zero-order chi connectivity index (χ0) is 16.0. The molecule has 0 aliphatic carbocycles. The number of methoxy groups -OCH3 is 1. The number of hydrogen-bond donors (Lipinski definition) is 2. The quantitative estimate of drug-likeness (QED) is 0.750. The van der Waals surface area contributed by atoms with Crippen LogP contribution >= 0.6 is 0 Å². The van der Waals surface area contributed by atoms with Gasteiger partial charge in [-0.1, -0.05) is 30.3 Å². The topological polar surface area (TPSA) is 37.0 Å². The first-order chi connectivity index (χ1) is 11.2. The van der Waals surface area contributed by atoms with E-state index in [1.165, 1.54) is 38.9 Å². The number of benzene rings is 2. The molecule has 0 radical (unpaired) electrons. The fourth-order valence-corrected chi connectivity index (χ4v) is 3.94. The van der Waals surface area contributed by atoms with Gasteiger partial charge < -0.3 is 15.0 Å². The molecule has 0 bridgehead atoms. The lowest BCUT2D eigenvalue weighted by atomic mass is 9.92. The SMILES string of the molecule is COc1c(C)cc(C2NCCc3c2[nH]c2ccccc32)cc1C. The Balaban J connectivity index is 1.86. The Hall–Kier alpha value is -2.26. The Bertz CT molecular complexity index is 855. The van der Waals surface area contributed by atoms with E-state index in [1.54, 1.807) is 7.11 Å². The van der Waals surface area contributed by atoms with Gasteiger partial charge in [-0.3, -0.25) is 0 Å². The van der Waals surface area contributed by atoms with Crippen molar-refractivity contribution in [1.29, 1.82) is 0 Å². The second-order valence-electron chi connectivity index (χ2n) is 6.39. The molecule has 1 atom stereocenters. The van der Waals surface area contributed by atoms with Crippen LogP contribution in [0.4, 0.5) is 0 Å². The standard InChI is InChI=1S/C20H22N2O/c1-12-10-14(11-13(2)20(12)23-3)18-19-16(8-9-21-18)15-6-4-5-7-17(15)22-19/h4-7,10-11,18,21-22H,8-9H2,1-3H3. The van der Waals surface area contributed by atoms with E-state index in [9.17, 15) is 0 Å². The molecule has 1 aromatic heterocycles. The summed E-state index contributed by atoms with van der Waals surface area (Å²) in [5.74, 6) is 0.987. The van der Waals surface area contributed by atoms with Crippen molar-refractivity contribution in [3.8, 4) is 5.75 Å². The maximum atomic E-state index is 5.51. The van der Waals surface area contributed by atoms with Crippen LogP contribution in [-0.4, -0.2) is 18.6 Å². The maximum absolute atomic E-state index is 5.51. The van der Waals surface area contributed by atoms with E-state index in [-0.39, 0.29) is 6.04 Å². The normalized spacial score (nSPS) is 17.3. The smallest absolute Gasteiger partial charge is 0.124 e. The number of aromatic amines is 1. The minimum absolute atomic E-state index is 0.217. The van der Waals surface area contributed by atoms with Crippen molar-refractivity contribution in [2.45, 2.75) is 26.3 Å². The summed E-state index contributed by atoms with van der Waals surface area (Å²) in [5.41, 5.74) is 7.67. The Morgan fingerprint density at radius 1 is 1.09 bits per heavy atom. The number of aryl methyl sites for hydroxylation is 2. The fourth-order valence-electron chi connectivity index (χ4n) is 3.94. The van der Waals surface area contributed by atoms with E-state index in [0.717, 1.165) is 18.7 Å². The molecular weight excluding hydrogens is 284 g/mol. The molecule has 0 saturated heterocycles. The molecule has 2 aromatic carbocycles. The van der Waals surface area contributed by atoms with Gasteiger partial charge in [0.05, 0.1) is 13.2 Å². The van der Waals surface area contributed by atoms with E-state index in [0.29, 0.717) is 0 Å². The van der Waals surface area contributed by atoms with Crippen molar-refractivity contribution in [3.63, 3.8) is 0 Å². The third kappa shape index (κ3) is 2.23. The highest BCUT2D eigenvalue weighted by molar-refractivity contribution is 5.85. The first-order valence-corrected chi connectivity index (χ1v) is 8.17. The van der Waals surface area contributed by atoms with Crippen LogP contribution in [0, 0.1) is 13.8 Å². The first kappa shape index (κ1) is 14.3. The molecule has 1 aliphatic rings. The van der Waals surface area contributed by atoms with Gasteiger partial charge in [0, 0.05) is 23.1 Å². The molecule has 0 amide bonds. The number of hydrogen-bond acceptors (Lipinski definition) is 2. The third-order valence-electron chi connectivity index (χ3n) is 4.88. The largest absolute Gasteiger partial charge is 0.496 e. The summed E-state index contributed by atoms with van der Waals surface area (Å²) in [7, 11) is 1.74. The van der Waals surface area contributed by atoms with Gasteiger partial charge in [0.25, 0.3) is 0 Å². The Morgan fingerprint density at radius 3 is 2.57 bits per heavy atom. The fraction of sp³-hybridized carbons (Fsp3) is 0.300. The van der Waals surface area contributed by atoms with Gasteiger partial charge in [-0.25, -0.2) is 0 Å². The molecule has 1 aliphatic heterocycles. The Kier molecular flexibility index (Phi) is 3.38. The van der Waals surface area contributed by atoms with Crippen LogP contribution in [0.5, 0.6) is 5.75 Å². The summed E-state index contributed by atoms with van der Waals surface area (Å²) in [6.45, 7) is 5.23. The van der Waals surface area contributed by atoms with Gasteiger partial charge in [-0.2, -0.15) is 0 Å². The summed E-state index contributed by atoms with van der Waals surface area (Å²) < 4.78 is 5.51. The van der Waals surface area contributed by atoms with Crippen LogP contribution in [0.3, 0.4) is 0 Å². The van der Waals surface area contributed by atoms with Crippen LogP contribution in [0.2, 0.25) is 0 Å². The average Bonchev–Trinajstić information content (AvgIpc) is 2.93. The second-order valence-corrected chi connectivity index (χ2v) is 6.39. The maximum Gasteiger partial charge on any atom is 0.124 e. The summed E-state index contributed by atoms with van der Waals surface area (Å²) in [5, 5.41) is 5.03. The van der Waals surface area contributed by atoms with Crippen molar-refractivity contribution in [2.75, 3.05) is 13.7 Å². The number of nitrogens with one attached hydrogen (secondary N) is 2. The molecule has 118 valence electrons. The van der Waals surface area contributed by atoms with Crippen molar-refractivity contribution in [3.05, 3.63) is 64.3 Å². The number of para-hydroxylation sites is 1. The van der Waals surface area contributed by atoms with Gasteiger partial charge in [0.2, 0.25) is 0 Å². The van der Waals surface area contributed by atoms with Crippen LogP contribution in [0.1, 0.15) is 34.0 Å². The van der Waals surface area contributed by atoms with Gasteiger partial charge in [-0.05, 0) is 48.6 Å². The number of rotatable bonds is 2. The molecule has 23 heavy (non-hydrogen) atoms. The highest BCUT2D eigenvalue weighted by Gasteiger charge is 2.25. The second kappa shape index (κ2) is 5.43. The molecule has 0 fully saturated rings. The number of H-pyrrole nitrogens is 1. The van der Waals surface area contributed by atoms with Crippen molar-refractivity contribution < 1.29 is 4.74 Å². The minimum atomic E-state index is 0.217. The molecule has 3 heteroatoms. The Labute approximate surface area is 136 Å². The van der Waals surface area contributed by atoms with Crippen molar-refractivity contribution in [2.24, 2.45) is 0 Å². The van der Waals surface area contributed by atoms with Crippen LogP contribution < -0.4 is 10.1 Å². The van der Waals surface area contributed by atoms with E-state index in [4.69, 9.17) is 4.74 Å². The lowest BCUT2D eigenvalue weighted by Gasteiger charge is -2.26. The number of aromatic nitrogens is 1. The van der Waals surface area contributed by atoms with Crippen LogP contribution in [0.25, 0.3) is 10.9 Å². The highest BCUT2D eigenvalue weighted by atomic mass is 16.5. The van der Waals surface area contributed by atoms with Gasteiger partial charge >= 0.3 is 0 Å². The van der Waals surface area contributed by atoms with Crippen LogP contribution in [0.15, 0.2) is 36.4 Å². The predicted molar refractivity (Wildman–Crippen MR) is 94.3 cm³/mol. The highest BCUT2D eigenvalue weighted by Crippen LogP contribution is 2.35. The Morgan fingerprint density at radius 2 is 1.83 bits per heavy atom. The molecule has 0 spiro atoms.